The molecule has 3 aromatic rings. The molecule has 2 spiro atoms. The van der Waals surface area contributed by atoms with Gasteiger partial charge >= 0.3 is 0 Å². The van der Waals surface area contributed by atoms with Crippen LogP contribution in [0, 0.1) is 13.8 Å². The average Bonchev–Trinajstić information content (AvgIpc) is 3.13. The zero-order chi connectivity index (χ0) is 22.1. The Morgan fingerprint density at radius 2 is 1.62 bits per heavy atom. The van der Waals surface area contributed by atoms with E-state index in [9.17, 15) is 4.79 Å². The summed E-state index contributed by atoms with van der Waals surface area (Å²) < 4.78 is 1.83. The van der Waals surface area contributed by atoms with E-state index in [4.69, 9.17) is 4.98 Å². The zero-order valence-corrected chi connectivity index (χ0v) is 20.2. The van der Waals surface area contributed by atoms with Gasteiger partial charge in [0.15, 0.2) is 0 Å². The molecule has 6 rings (SSSR count). The number of amides is 1. The third-order valence-electron chi connectivity index (χ3n) is 8.41. The molecule has 2 saturated carbocycles. The lowest BCUT2D eigenvalue weighted by molar-refractivity contribution is 0.0820. The topological polar surface area (TPSA) is 50.8 Å². The third-order valence-corrected chi connectivity index (χ3v) is 9.48. The molecule has 0 N–H and O–H groups in total. The zero-order valence-electron chi connectivity index (χ0n) is 19.4. The fourth-order valence-electron chi connectivity index (χ4n) is 7.12. The molecule has 6 heteroatoms. The predicted octanol–water partition coefficient (Wildman–Crippen LogP) is 6.18. The van der Waals surface area contributed by atoms with Crippen molar-refractivity contribution in [1.82, 2.24) is 19.7 Å². The fraction of sp³-hybridized carbons (Fsp3) is 0.577. The molecular weight excluding hydrogens is 416 g/mol. The summed E-state index contributed by atoms with van der Waals surface area (Å²) in [5.41, 5.74) is 4.46. The molecule has 3 fully saturated rings. The lowest BCUT2D eigenvalue weighted by Crippen LogP contribution is -2.30. The standard InChI is InChI=1S/C26H32N4OS/c1-17-14-18(2)28-23-20(17)21(19-15-27-29(3)16-19)22(32-23)24(31)30-25(10-6-4-7-11-25)26(30)12-8-5-9-13-26/h14-16H,4-13H2,1-3H3. The predicted molar refractivity (Wildman–Crippen MR) is 129 cm³/mol. The van der Waals surface area contributed by atoms with Gasteiger partial charge in [-0.1, -0.05) is 38.5 Å². The van der Waals surface area contributed by atoms with Crippen LogP contribution in [0.3, 0.4) is 0 Å². The average molecular weight is 449 g/mol. The van der Waals surface area contributed by atoms with Crippen LogP contribution in [0.1, 0.15) is 85.1 Å². The van der Waals surface area contributed by atoms with Crippen molar-refractivity contribution in [3.05, 3.63) is 34.6 Å². The molecule has 0 aromatic carbocycles. The van der Waals surface area contributed by atoms with E-state index in [-0.39, 0.29) is 17.0 Å². The normalized spacial score (nSPS) is 21.5. The summed E-state index contributed by atoms with van der Waals surface area (Å²) in [6.07, 6.45) is 16.3. The van der Waals surface area contributed by atoms with Crippen LogP contribution < -0.4 is 0 Å². The van der Waals surface area contributed by atoms with Gasteiger partial charge in [0.2, 0.25) is 0 Å². The van der Waals surface area contributed by atoms with Crippen molar-refractivity contribution in [3.63, 3.8) is 0 Å². The van der Waals surface area contributed by atoms with Crippen LogP contribution in [-0.4, -0.2) is 36.6 Å². The summed E-state index contributed by atoms with van der Waals surface area (Å²) in [5, 5.41) is 5.55. The van der Waals surface area contributed by atoms with Gasteiger partial charge in [0, 0.05) is 35.5 Å². The van der Waals surface area contributed by atoms with Crippen molar-refractivity contribution in [3.8, 4) is 11.1 Å². The first-order valence-electron chi connectivity index (χ1n) is 12.2. The molecule has 168 valence electrons. The van der Waals surface area contributed by atoms with Gasteiger partial charge in [-0.3, -0.25) is 9.48 Å². The van der Waals surface area contributed by atoms with Gasteiger partial charge in [-0.15, -0.1) is 11.3 Å². The van der Waals surface area contributed by atoms with E-state index in [2.05, 4.69) is 23.0 Å². The van der Waals surface area contributed by atoms with Crippen molar-refractivity contribution in [2.45, 2.75) is 89.1 Å². The number of hydrogen-bond acceptors (Lipinski definition) is 4. The number of pyridine rings is 1. The smallest absolute Gasteiger partial charge is 0.265 e. The first kappa shape index (κ1) is 20.4. The van der Waals surface area contributed by atoms with Gasteiger partial charge in [-0.25, -0.2) is 4.98 Å². The Balaban J connectivity index is 1.52. The molecule has 0 bridgehead atoms. The number of nitrogens with zero attached hydrogens (tertiary/aromatic N) is 4. The van der Waals surface area contributed by atoms with Crippen LogP contribution in [0.5, 0.6) is 0 Å². The molecule has 4 heterocycles. The van der Waals surface area contributed by atoms with Crippen molar-refractivity contribution in [1.29, 1.82) is 0 Å². The Hall–Kier alpha value is -2.21. The molecular formula is C26H32N4OS. The Labute approximate surface area is 193 Å². The van der Waals surface area contributed by atoms with Crippen LogP contribution in [0.25, 0.3) is 21.3 Å². The van der Waals surface area contributed by atoms with E-state index in [0.717, 1.165) is 31.9 Å². The second-order valence-electron chi connectivity index (χ2n) is 10.3. The molecule has 1 aliphatic heterocycles. The molecule has 0 atom stereocenters. The Kier molecular flexibility index (Phi) is 4.55. The van der Waals surface area contributed by atoms with E-state index < -0.39 is 0 Å². The highest BCUT2D eigenvalue weighted by Crippen LogP contribution is 2.66. The summed E-state index contributed by atoms with van der Waals surface area (Å²) in [6.45, 7) is 4.18. The minimum absolute atomic E-state index is 0.101. The highest BCUT2D eigenvalue weighted by atomic mass is 32.1. The largest absolute Gasteiger partial charge is 0.322 e. The van der Waals surface area contributed by atoms with Gasteiger partial charge < -0.3 is 4.90 Å². The van der Waals surface area contributed by atoms with Crippen LogP contribution in [0.15, 0.2) is 18.5 Å². The number of aryl methyl sites for hydroxylation is 3. The number of carbonyl (C=O) groups is 1. The van der Waals surface area contributed by atoms with Crippen molar-refractivity contribution in [2.24, 2.45) is 7.05 Å². The summed E-state index contributed by atoms with van der Waals surface area (Å²) in [7, 11) is 1.94. The van der Waals surface area contributed by atoms with Gasteiger partial charge in [0.05, 0.1) is 17.3 Å². The highest BCUT2D eigenvalue weighted by Gasteiger charge is 2.75. The van der Waals surface area contributed by atoms with Crippen LogP contribution in [0.2, 0.25) is 0 Å². The molecule has 3 aliphatic rings. The van der Waals surface area contributed by atoms with Crippen molar-refractivity contribution in [2.75, 3.05) is 0 Å². The fourth-order valence-corrected chi connectivity index (χ4v) is 8.37. The number of rotatable bonds is 2. The van der Waals surface area contributed by atoms with E-state index in [0.29, 0.717) is 0 Å². The maximum absolute atomic E-state index is 14.4. The number of thiophene rings is 1. The second kappa shape index (κ2) is 7.14. The number of hydrogen-bond donors (Lipinski definition) is 0. The quantitative estimate of drug-likeness (QED) is 0.440. The van der Waals surface area contributed by atoms with Gasteiger partial charge in [-0.2, -0.15) is 5.10 Å². The van der Waals surface area contributed by atoms with Crippen LogP contribution >= 0.6 is 11.3 Å². The van der Waals surface area contributed by atoms with Gasteiger partial charge in [0.1, 0.15) is 9.71 Å². The van der Waals surface area contributed by atoms with Crippen molar-refractivity contribution >= 4 is 27.5 Å². The Morgan fingerprint density at radius 1 is 1.00 bits per heavy atom. The summed E-state index contributed by atoms with van der Waals surface area (Å²) >= 11 is 1.59. The number of aromatic nitrogens is 3. The maximum atomic E-state index is 14.4. The maximum Gasteiger partial charge on any atom is 0.265 e. The van der Waals surface area contributed by atoms with Crippen molar-refractivity contribution < 1.29 is 4.79 Å². The van der Waals surface area contributed by atoms with E-state index in [1.165, 1.54) is 69.8 Å². The molecule has 0 radical (unpaired) electrons. The first-order valence-corrected chi connectivity index (χ1v) is 13.0. The minimum Gasteiger partial charge on any atom is -0.322 e. The molecule has 1 amide bonds. The monoisotopic (exact) mass is 448 g/mol. The second-order valence-corrected chi connectivity index (χ2v) is 11.3. The minimum atomic E-state index is 0.101. The molecule has 0 unspecified atom stereocenters. The first-order chi connectivity index (χ1) is 15.5. The summed E-state index contributed by atoms with van der Waals surface area (Å²) in [6, 6.07) is 2.13. The van der Waals surface area contributed by atoms with Crippen LogP contribution in [-0.2, 0) is 7.05 Å². The van der Waals surface area contributed by atoms with E-state index >= 15 is 0 Å². The Morgan fingerprint density at radius 3 is 2.19 bits per heavy atom. The van der Waals surface area contributed by atoms with E-state index in [1.54, 1.807) is 11.3 Å². The third kappa shape index (κ3) is 2.71. The molecule has 3 aromatic heterocycles. The SMILES string of the molecule is Cc1cc(C)c2c(-c3cnn(C)c3)c(C(=O)N3C4(CCCCC4)C34CCCCC4)sc2n1. The molecule has 32 heavy (non-hydrogen) atoms. The molecule has 2 aliphatic carbocycles. The van der Waals surface area contributed by atoms with Gasteiger partial charge in [-0.05, 0) is 51.2 Å². The highest BCUT2D eigenvalue weighted by molar-refractivity contribution is 7.21. The number of carbonyl (C=O) groups excluding carboxylic acids is 1. The van der Waals surface area contributed by atoms with E-state index in [1.807, 2.05) is 31.0 Å². The lowest BCUT2D eigenvalue weighted by Gasteiger charge is -2.27. The Bertz CT molecular complexity index is 1190. The lowest BCUT2D eigenvalue weighted by atomic mass is 9.73. The van der Waals surface area contributed by atoms with Crippen LogP contribution in [0.4, 0.5) is 0 Å². The molecule has 1 saturated heterocycles. The number of fused-ring (bicyclic) bond motifs is 2. The molecule has 5 nitrogen and oxygen atoms in total. The summed E-state index contributed by atoms with van der Waals surface area (Å²) in [5.74, 6) is 0.243. The summed E-state index contributed by atoms with van der Waals surface area (Å²) in [4.78, 5) is 23.4. The van der Waals surface area contributed by atoms with Gasteiger partial charge in [0.25, 0.3) is 5.91 Å².